The van der Waals surface area contributed by atoms with Gasteiger partial charge in [-0.2, -0.15) is 0 Å². The van der Waals surface area contributed by atoms with Crippen LogP contribution in [0, 0.1) is 10.1 Å². The van der Waals surface area contributed by atoms with Gasteiger partial charge in [0.1, 0.15) is 12.3 Å². The highest BCUT2D eigenvalue weighted by Crippen LogP contribution is 2.27. The molecule has 0 unspecified atom stereocenters. The molecule has 2 heterocycles. The molecule has 0 aromatic carbocycles. The quantitative estimate of drug-likeness (QED) is 0.542. The Balaban J connectivity index is 2.27. The van der Waals surface area contributed by atoms with Crippen LogP contribution in [0.5, 0.6) is 5.88 Å². The Bertz CT molecular complexity index is 473. The first-order valence-electron chi connectivity index (χ1n) is 5.82. The molecule has 0 bridgehead atoms. The SMILES string of the molecule is [2H]C([2H])([2H])n1cc([N+](=O)[O-])c(O[C@@H]2CO[C@@H]2C)n1. The maximum Gasteiger partial charge on any atom is 0.350 e. The number of aryl methyl sites for hydroxylation is 1. The normalized spacial score (nSPS) is 28.5. The smallest absolute Gasteiger partial charge is 0.350 e. The van der Waals surface area contributed by atoms with Crippen molar-refractivity contribution in [3.05, 3.63) is 16.3 Å². The molecule has 1 aromatic heterocycles. The number of nitro groups is 1. The molecule has 1 aliphatic rings. The molecule has 82 valence electrons. The number of aromatic nitrogens is 2. The second-order valence-corrected chi connectivity index (χ2v) is 3.22. The summed E-state index contributed by atoms with van der Waals surface area (Å²) in [5.74, 6) is -0.295. The fraction of sp³-hybridized carbons (Fsp3) is 0.625. The average Bonchev–Trinajstić information content (AvgIpc) is 2.67. The predicted octanol–water partition coefficient (Wildman–Crippen LogP) is 0.494. The summed E-state index contributed by atoms with van der Waals surface area (Å²) in [6.07, 6.45) is 0.304. The van der Waals surface area contributed by atoms with E-state index in [-0.39, 0.29) is 18.1 Å². The zero-order chi connectivity index (χ0) is 13.5. The average molecular weight is 216 g/mol. The van der Waals surface area contributed by atoms with Gasteiger partial charge in [0, 0.05) is 11.1 Å². The molecule has 1 fully saturated rings. The van der Waals surface area contributed by atoms with Crippen LogP contribution in [0.2, 0.25) is 0 Å². The lowest BCUT2D eigenvalue weighted by Crippen LogP contribution is -2.46. The van der Waals surface area contributed by atoms with E-state index < -0.39 is 17.6 Å². The molecule has 2 atom stereocenters. The third kappa shape index (κ3) is 1.78. The molecule has 7 heteroatoms. The fourth-order valence-electron chi connectivity index (χ4n) is 1.20. The summed E-state index contributed by atoms with van der Waals surface area (Å²) in [4.78, 5) is 10.1. The van der Waals surface area contributed by atoms with E-state index in [1.165, 1.54) is 0 Å². The van der Waals surface area contributed by atoms with Crippen molar-refractivity contribution >= 4 is 5.69 Å². The monoisotopic (exact) mass is 216 g/mol. The van der Waals surface area contributed by atoms with E-state index in [9.17, 15) is 10.1 Å². The van der Waals surface area contributed by atoms with Gasteiger partial charge in [-0.15, -0.1) is 5.10 Å². The Labute approximate surface area is 90.0 Å². The highest BCUT2D eigenvalue weighted by Gasteiger charge is 2.33. The summed E-state index contributed by atoms with van der Waals surface area (Å²) < 4.78 is 32.3. The first-order chi connectivity index (χ1) is 8.29. The van der Waals surface area contributed by atoms with Gasteiger partial charge in [-0.25, -0.2) is 0 Å². The predicted molar refractivity (Wildman–Crippen MR) is 49.7 cm³/mol. The fourth-order valence-corrected chi connectivity index (χ4v) is 1.20. The van der Waals surface area contributed by atoms with E-state index in [0.717, 1.165) is 6.20 Å². The zero-order valence-electron chi connectivity index (χ0n) is 10.9. The summed E-state index contributed by atoms with van der Waals surface area (Å²) in [6, 6.07) is 0. The van der Waals surface area contributed by atoms with Crippen molar-refractivity contribution in [2.45, 2.75) is 19.1 Å². The molecule has 0 N–H and O–H groups in total. The van der Waals surface area contributed by atoms with Gasteiger partial charge in [-0.3, -0.25) is 14.8 Å². The van der Waals surface area contributed by atoms with E-state index in [1.54, 1.807) is 6.92 Å². The molecular weight excluding hydrogens is 202 g/mol. The Hall–Kier alpha value is -1.63. The molecule has 1 aliphatic heterocycles. The molecular formula is C8H11N3O4. The Morgan fingerprint density at radius 1 is 1.93 bits per heavy atom. The molecule has 2 rings (SSSR count). The highest BCUT2D eigenvalue weighted by atomic mass is 16.6. The molecule has 1 aromatic rings. The van der Waals surface area contributed by atoms with Gasteiger partial charge < -0.3 is 9.47 Å². The van der Waals surface area contributed by atoms with Gasteiger partial charge >= 0.3 is 11.6 Å². The Kier molecular flexibility index (Phi) is 1.58. The van der Waals surface area contributed by atoms with Crippen molar-refractivity contribution < 1.29 is 18.5 Å². The number of hydrogen-bond donors (Lipinski definition) is 0. The minimum atomic E-state index is -2.58. The lowest BCUT2D eigenvalue weighted by atomic mass is 10.2. The largest absolute Gasteiger partial charge is 0.463 e. The van der Waals surface area contributed by atoms with E-state index in [1.807, 2.05) is 0 Å². The van der Waals surface area contributed by atoms with Crippen LogP contribution >= 0.6 is 0 Å². The maximum absolute atomic E-state index is 10.8. The van der Waals surface area contributed by atoms with E-state index >= 15 is 0 Å². The molecule has 0 saturated carbocycles. The van der Waals surface area contributed by atoms with Crippen LogP contribution in [0.15, 0.2) is 6.20 Å². The van der Waals surface area contributed by atoms with Crippen LogP contribution < -0.4 is 4.74 Å². The van der Waals surface area contributed by atoms with Gasteiger partial charge in [0.2, 0.25) is 0 Å². The van der Waals surface area contributed by atoms with Crippen LogP contribution in [0.3, 0.4) is 0 Å². The van der Waals surface area contributed by atoms with Crippen molar-refractivity contribution in [2.24, 2.45) is 6.98 Å². The minimum Gasteiger partial charge on any atom is -0.463 e. The molecule has 0 radical (unpaired) electrons. The lowest BCUT2D eigenvalue weighted by Gasteiger charge is -2.32. The summed E-state index contributed by atoms with van der Waals surface area (Å²) in [6.45, 7) is -0.520. The van der Waals surface area contributed by atoms with E-state index in [2.05, 4.69) is 5.10 Å². The molecule has 15 heavy (non-hydrogen) atoms. The second-order valence-electron chi connectivity index (χ2n) is 3.22. The van der Waals surface area contributed by atoms with Gasteiger partial charge in [0.05, 0.1) is 17.6 Å². The van der Waals surface area contributed by atoms with Gasteiger partial charge in [0.15, 0.2) is 0 Å². The van der Waals surface area contributed by atoms with Gasteiger partial charge in [0.25, 0.3) is 0 Å². The van der Waals surface area contributed by atoms with Crippen molar-refractivity contribution in [3.8, 4) is 5.88 Å². The zero-order valence-corrected chi connectivity index (χ0v) is 7.91. The summed E-state index contributed by atoms with van der Waals surface area (Å²) in [7, 11) is 0. The summed E-state index contributed by atoms with van der Waals surface area (Å²) in [5.41, 5.74) is -0.467. The van der Waals surface area contributed by atoms with Crippen LogP contribution in [0.25, 0.3) is 0 Å². The number of rotatable bonds is 3. The minimum absolute atomic E-state index is 0.192. The first kappa shape index (κ1) is 6.78. The Morgan fingerprint density at radius 2 is 2.73 bits per heavy atom. The molecule has 0 amide bonds. The summed E-state index contributed by atoms with van der Waals surface area (Å²) >= 11 is 0. The maximum atomic E-state index is 10.8. The van der Waals surface area contributed by atoms with Crippen LogP contribution in [0.4, 0.5) is 5.69 Å². The lowest BCUT2D eigenvalue weighted by molar-refractivity contribution is -0.386. The number of ether oxygens (including phenoxy) is 2. The molecule has 0 aliphatic carbocycles. The highest BCUT2D eigenvalue weighted by molar-refractivity contribution is 5.38. The number of nitrogens with zero attached hydrogens (tertiary/aromatic N) is 3. The topological polar surface area (TPSA) is 79.4 Å². The van der Waals surface area contributed by atoms with Crippen LogP contribution in [-0.2, 0) is 11.7 Å². The van der Waals surface area contributed by atoms with Crippen molar-refractivity contribution in [3.63, 3.8) is 0 Å². The molecule has 7 nitrogen and oxygen atoms in total. The molecule has 0 spiro atoms. The van der Waals surface area contributed by atoms with E-state index in [0.29, 0.717) is 11.3 Å². The van der Waals surface area contributed by atoms with Crippen molar-refractivity contribution in [2.75, 3.05) is 6.61 Å². The number of hydrogen-bond acceptors (Lipinski definition) is 5. The van der Waals surface area contributed by atoms with Crippen LogP contribution in [0.1, 0.15) is 11.0 Å². The van der Waals surface area contributed by atoms with Crippen LogP contribution in [-0.4, -0.2) is 33.5 Å². The van der Waals surface area contributed by atoms with Crippen molar-refractivity contribution in [1.82, 2.24) is 9.78 Å². The van der Waals surface area contributed by atoms with Gasteiger partial charge in [-0.05, 0) is 6.92 Å². The Morgan fingerprint density at radius 3 is 3.20 bits per heavy atom. The molecule has 1 saturated heterocycles. The first-order valence-corrected chi connectivity index (χ1v) is 4.32. The van der Waals surface area contributed by atoms with Crippen molar-refractivity contribution in [1.29, 1.82) is 0 Å². The third-order valence-electron chi connectivity index (χ3n) is 2.17. The standard InChI is InChI=1S/C8H11N3O4/c1-5-7(4-14-5)15-8-6(11(12)13)3-10(2)9-8/h3,5,7H,4H2,1-2H3/t5-,7-/m1/s1/i2D3. The van der Waals surface area contributed by atoms with E-state index in [4.69, 9.17) is 13.6 Å². The summed E-state index contributed by atoms with van der Waals surface area (Å²) in [5, 5.41) is 14.4. The third-order valence-corrected chi connectivity index (χ3v) is 2.17. The van der Waals surface area contributed by atoms with Gasteiger partial charge in [-0.1, -0.05) is 0 Å². The second kappa shape index (κ2) is 3.50.